The second kappa shape index (κ2) is 5.73. The molecule has 0 spiro atoms. The molecule has 0 amide bonds. The van der Waals surface area contributed by atoms with Gasteiger partial charge < -0.3 is 9.88 Å². The Balaban J connectivity index is 1.57. The van der Waals surface area contributed by atoms with Crippen LogP contribution in [-0.2, 0) is 0 Å². The number of nitriles is 1. The molecule has 4 rings (SSSR count). The standard InChI is InChI=1S/C18H17N5/c19-10-13-7-8-17(20-11-13)23-9-3-4-14(12-23)18-21-15-5-1-2-6-16(15)22-18/h1-2,5-8,11,14H,3-4,9,12H2,(H,21,22)/t14-/m0/s1. The quantitative estimate of drug-likeness (QED) is 0.789. The van der Waals surface area contributed by atoms with Gasteiger partial charge in [0.15, 0.2) is 0 Å². The number of pyridine rings is 1. The second-order valence-corrected chi connectivity index (χ2v) is 5.94. The number of imidazole rings is 1. The molecule has 1 aliphatic rings. The zero-order valence-corrected chi connectivity index (χ0v) is 12.7. The van der Waals surface area contributed by atoms with Crippen molar-refractivity contribution < 1.29 is 0 Å². The number of benzene rings is 1. The molecule has 1 aromatic carbocycles. The van der Waals surface area contributed by atoms with E-state index >= 15 is 0 Å². The van der Waals surface area contributed by atoms with Crippen molar-refractivity contribution in [1.82, 2.24) is 15.0 Å². The molecule has 0 aliphatic carbocycles. The summed E-state index contributed by atoms with van der Waals surface area (Å²) in [6.07, 6.45) is 3.89. The minimum Gasteiger partial charge on any atom is -0.356 e. The largest absolute Gasteiger partial charge is 0.356 e. The summed E-state index contributed by atoms with van der Waals surface area (Å²) < 4.78 is 0. The van der Waals surface area contributed by atoms with E-state index in [2.05, 4.69) is 27.0 Å². The smallest absolute Gasteiger partial charge is 0.128 e. The van der Waals surface area contributed by atoms with Gasteiger partial charge in [0.2, 0.25) is 0 Å². The van der Waals surface area contributed by atoms with Crippen molar-refractivity contribution in [2.75, 3.05) is 18.0 Å². The summed E-state index contributed by atoms with van der Waals surface area (Å²) in [6, 6.07) is 14.0. The first-order chi connectivity index (χ1) is 11.3. The molecule has 0 radical (unpaired) electrons. The van der Waals surface area contributed by atoms with E-state index in [1.807, 2.05) is 30.3 Å². The minimum absolute atomic E-state index is 0.383. The molecule has 5 heteroatoms. The maximum absolute atomic E-state index is 8.88. The molecule has 3 heterocycles. The Morgan fingerprint density at radius 2 is 2.13 bits per heavy atom. The van der Waals surface area contributed by atoms with Crippen LogP contribution in [0.2, 0.25) is 0 Å². The Hall–Kier alpha value is -2.87. The van der Waals surface area contributed by atoms with Crippen LogP contribution in [0.3, 0.4) is 0 Å². The van der Waals surface area contributed by atoms with Gasteiger partial charge in [0.25, 0.3) is 0 Å². The number of H-pyrrole nitrogens is 1. The monoisotopic (exact) mass is 303 g/mol. The van der Waals surface area contributed by atoms with Gasteiger partial charge in [0, 0.05) is 25.2 Å². The van der Waals surface area contributed by atoms with Crippen molar-refractivity contribution >= 4 is 16.9 Å². The van der Waals surface area contributed by atoms with Crippen molar-refractivity contribution in [3.63, 3.8) is 0 Å². The van der Waals surface area contributed by atoms with Gasteiger partial charge in [-0.1, -0.05) is 12.1 Å². The number of aromatic nitrogens is 3. The summed E-state index contributed by atoms with van der Waals surface area (Å²) in [5, 5.41) is 8.88. The molecule has 1 fully saturated rings. The first kappa shape index (κ1) is 13.8. The first-order valence-corrected chi connectivity index (χ1v) is 7.89. The van der Waals surface area contributed by atoms with Gasteiger partial charge in [-0.3, -0.25) is 0 Å². The van der Waals surface area contributed by atoms with Gasteiger partial charge >= 0.3 is 0 Å². The topological polar surface area (TPSA) is 68.6 Å². The molecule has 0 saturated carbocycles. The van der Waals surface area contributed by atoms with E-state index in [0.29, 0.717) is 11.5 Å². The zero-order valence-electron chi connectivity index (χ0n) is 12.7. The van der Waals surface area contributed by atoms with Crippen LogP contribution in [0, 0.1) is 11.3 Å². The third kappa shape index (κ3) is 2.64. The summed E-state index contributed by atoms with van der Waals surface area (Å²) in [5.74, 6) is 2.38. The number of piperidine rings is 1. The number of anilines is 1. The zero-order chi connectivity index (χ0) is 15.6. The van der Waals surface area contributed by atoms with E-state index in [4.69, 9.17) is 10.2 Å². The third-order valence-electron chi connectivity index (χ3n) is 4.42. The van der Waals surface area contributed by atoms with Gasteiger partial charge in [0.1, 0.15) is 17.7 Å². The molecule has 1 atom stereocenters. The van der Waals surface area contributed by atoms with E-state index in [1.165, 1.54) is 0 Å². The minimum atomic E-state index is 0.383. The second-order valence-electron chi connectivity index (χ2n) is 5.94. The summed E-state index contributed by atoms with van der Waals surface area (Å²) in [7, 11) is 0. The van der Waals surface area contributed by atoms with Gasteiger partial charge in [-0.25, -0.2) is 9.97 Å². The molecule has 0 bridgehead atoms. The molecule has 23 heavy (non-hydrogen) atoms. The SMILES string of the molecule is N#Cc1ccc(N2CCC[C@H](c3nc4ccccc4[nH]3)C2)nc1. The predicted octanol–water partition coefficient (Wildman–Crippen LogP) is 3.21. The summed E-state index contributed by atoms with van der Waals surface area (Å²) in [4.78, 5) is 14.9. The fourth-order valence-corrected chi connectivity index (χ4v) is 3.21. The van der Waals surface area contributed by atoms with Crippen LogP contribution in [0.25, 0.3) is 11.0 Å². The number of rotatable bonds is 2. The summed E-state index contributed by atoms with van der Waals surface area (Å²) >= 11 is 0. The average Bonchev–Trinajstić information content (AvgIpc) is 3.06. The Labute approximate surface area is 134 Å². The van der Waals surface area contributed by atoms with Crippen LogP contribution in [0.5, 0.6) is 0 Å². The fraction of sp³-hybridized carbons (Fsp3) is 0.278. The number of aromatic amines is 1. The molecule has 1 saturated heterocycles. The van der Waals surface area contributed by atoms with Crippen molar-refractivity contribution in [3.05, 3.63) is 54.0 Å². The molecule has 3 aromatic rings. The maximum atomic E-state index is 8.88. The predicted molar refractivity (Wildman–Crippen MR) is 89.2 cm³/mol. The van der Waals surface area contributed by atoms with Crippen molar-refractivity contribution in [2.24, 2.45) is 0 Å². The Morgan fingerprint density at radius 1 is 1.22 bits per heavy atom. The lowest BCUT2D eigenvalue weighted by Crippen LogP contribution is -2.35. The number of hydrogen-bond acceptors (Lipinski definition) is 4. The van der Waals surface area contributed by atoms with E-state index in [-0.39, 0.29) is 0 Å². The van der Waals surface area contributed by atoms with Crippen LogP contribution in [0.1, 0.15) is 30.1 Å². The van der Waals surface area contributed by atoms with Crippen LogP contribution in [-0.4, -0.2) is 28.0 Å². The van der Waals surface area contributed by atoms with Crippen LogP contribution >= 0.6 is 0 Å². The third-order valence-corrected chi connectivity index (χ3v) is 4.42. The molecule has 1 N–H and O–H groups in total. The number of fused-ring (bicyclic) bond motifs is 1. The molecule has 0 unspecified atom stereocenters. The van der Waals surface area contributed by atoms with Crippen molar-refractivity contribution in [2.45, 2.75) is 18.8 Å². The van der Waals surface area contributed by atoms with Crippen LogP contribution in [0.15, 0.2) is 42.6 Å². The van der Waals surface area contributed by atoms with E-state index < -0.39 is 0 Å². The van der Waals surface area contributed by atoms with Crippen molar-refractivity contribution in [1.29, 1.82) is 5.26 Å². The van der Waals surface area contributed by atoms with Gasteiger partial charge in [-0.15, -0.1) is 0 Å². The summed E-state index contributed by atoms with van der Waals surface area (Å²) in [5.41, 5.74) is 2.71. The lowest BCUT2D eigenvalue weighted by molar-refractivity contribution is 0.492. The Kier molecular flexibility index (Phi) is 3.43. The van der Waals surface area contributed by atoms with E-state index in [1.54, 1.807) is 6.20 Å². The highest BCUT2D eigenvalue weighted by Gasteiger charge is 2.24. The molecule has 1 aliphatic heterocycles. The number of para-hydroxylation sites is 2. The number of nitrogens with zero attached hydrogens (tertiary/aromatic N) is 4. The van der Waals surface area contributed by atoms with Gasteiger partial charge in [-0.05, 0) is 37.1 Å². The first-order valence-electron chi connectivity index (χ1n) is 7.89. The Morgan fingerprint density at radius 3 is 2.91 bits per heavy atom. The van der Waals surface area contributed by atoms with Crippen LogP contribution in [0.4, 0.5) is 5.82 Å². The van der Waals surface area contributed by atoms with E-state index in [9.17, 15) is 0 Å². The lowest BCUT2D eigenvalue weighted by Gasteiger charge is -2.32. The lowest BCUT2D eigenvalue weighted by atomic mass is 9.97. The van der Waals surface area contributed by atoms with Crippen LogP contribution < -0.4 is 4.90 Å². The molecular weight excluding hydrogens is 286 g/mol. The normalized spacial score (nSPS) is 18.0. The number of nitrogens with one attached hydrogen (secondary N) is 1. The fourth-order valence-electron chi connectivity index (χ4n) is 3.21. The molecular formula is C18H17N5. The number of hydrogen-bond donors (Lipinski definition) is 1. The molecule has 5 nitrogen and oxygen atoms in total. The molecule has 114 valence electrons. The highest BCUT2D eigenvalue weighted by molar-refractivity contribution is 5.74. The maximum Gasteiger partial charge on any atom is 0.128 e. The highest BCUT2D eigenvalue weighted by atomic mass is 15.2. The summed E-state index contributed by atoms with van der Waals surface area (Å²) in [6.45, 7) is 1.90. The van der Waals surface area contributed by atoms with Gasteiger partial charge in [0.05, 0.1) is 16.6 Å². The van der Waals surface area contributed by atoms with Gasteiger partial charge in [-0.2, -0.15) is 5.26 Å². The van der Waals surface area contributed by atoms with E-state index in [0.717, 1.165) is 48.6 Å². The molecule has 2 aromatic heterocycles. The van der Waals surface area contributed by atoms with Crippen molar-refractivity contribution in [3.8, 4) is 6.07 Å². The Bertz CT molecular complexity index is 826. The average molecular weight is 303 g/mol. The highest BCUT2D eigenvalue weighted by Crippen LogP contribution is 2.28.